The van der Waals surface area contributed by atoms with Gasteiger partial charge in [0, 0.05) is 61.4 Å². The smallest absolute Gasteiger partial charge is 0.416 e. The number of rotatable bonds is 9. The molecule has 1 N–H and O–H groups in total. The Kier molecular flexibility index (Phi) is 10.4. The van der Waals surface area contributed by atoms with Crippen LogP contribution in [0.2, 0.25) is 0 Å². The van der Waals surface area contributed by atoms with Crippen LogP contribution >= 0.6 is 0 Å². The monoisotopic (exact) mass is 660 g/mol. The molecule has 2 aliphatic rings. The number of benzene rings is 1. The molecule has 1 aliphatic heterocycles. The molecule has 3 heterocycles. The molecule has 47 heavy (non-hydrogen) atoms. The average Bonchev–Trinajstić information content (AvgIpc) is 3.48. The molecule has 10 nitrogen and oxygen atoms in total. The third-order valence-corrected chi connectivity index (χ3v) is 9.33. The van der Waals surface area contributed by atoms with E-state index in [4.69, 9.17) is 4.74 Å². The third-order valence-electron chi connectivity index (χ3n) is 9.33. The minimum absolute atomic E-state index is 0.0815. The predicted octanol–water partition coefficient (Wildman–Crippen LogP) is 6.84. The van der Waals surface area contributed by atoms with Crippen molar-refractivity contribution in [2.24, 2.45) is 13.0 Å². The highest BCUT2D eigenvalue weighted by Gasteiger charge is 2.42. The van der Waals surface area contributed by atoms with Crippen molar-refractivity contribution in [2.45, 2.75) is 102 Å². The number of ether oxygens (including phenoxy) is 1. The van der Waals surface area contributed by atoms with Gasteiger partial charge >= 0.3 is 18.2 Å². The molecule has 0 bridgehead atoms. The molecule has 1 amide bonds. The van der Waals surface area contributed by atoms with E-state index < -0.39 is 35.5 Å². The number of carboxylic acid groups (broad SMARTS) is 1. The van der Waals surface area contributed by atoms with E-state index in [1.165, 1.54) is 0 Å². The van der Waals surface area contributed by atoms with Crippen LogP contribution in [0.15, 0.2) is 43.0 Å². The number of aromatic nitrogens is 4. The van der Waals surface area contributed by atoms with Crippen molar-refractivity contribution in [2.75, 3.05) is 4.90 Å². The van der Waals surface area contributed by atoms with Crippen LogP contribution in [0.3, 0.4) is 0 Å². The summed E-state index contributed by atoms with van der Waals surface area (Å²) in [5, 5.41) is 13.5. The van der Waals surface area contributed by atoms with E-state index in [0.717, 1.165) is 17.7 Å². The standard InChI is InChI=1S/C33H40F4N6O4/c1-4-26-13-28(14-27(5-2)43(26)32(46)47-29-8-6-21(7-9-29)30(44)45)42(18-20-10-24(33(35,36)37)12-25(34)11-20)31-38-15-22(16-39-31)23-17-40-41(3)19-23/h10-12,15-17,19,21,26-29H,4-9,13-14,18H2,1-3H3,(H,44,45)/t21?,26-,27+,28+,29?. The van der Waals surface area contributed by atoms with Gasteiger partial charge in [-0.2, -0.15) is 18.3 Å². The summed E-state index contributed by atoms with van der Waals surface area (Å²) in [6.45, 7) is 3.84. The molecule has 1 saturated carbocycles. The summed E-state index contributed by atoms with van der Waals surface area (Å²) >= 11 is 0. The lowest BCUT2D eigenvalue weighted by Crippen LogP contribution is -2.57. The molecule has 2 fully saturated rings. The number of nitrogens with zero attached hydrogens (tertiary/aromatic N) is 6. The van der Waals surface area contributed by atoms with Crippen LogP contribution in [0.25, 0.3) is 11.1 Å². The van der Waals surface area contributed by atoms with Crippen LogP contribution in [0, 0.1) is 11.7 Å². The number of anilines is 1. The molecule has 0 unspecified atom stereocenters. The maximum absolute atomic E-state index is 14.5. The fourth-order valence-electron chi connectivity index (χ4n) is 6.81. The quantitative estimate of drug-likeness (QED) is 0.248. The second kappa shape index (κ2) is 14.3. The third kappa shape index (κ3) is 8.02. The SMILES string of the molecule is CC[C@@H]1C[C@H](N(Cc2cc(F)cc(C(F)(F)F)c2)c2ncc(-c3cnn(C)c3)cn2)C[C@H](CC)N1C(=O)OC1CCC(C(=O)O)CC1. The summed E-state index contributed by atoms with van der Waals surface area (Å²) in [7, 11) is 1.79. The summed E-state index contributed by atoms with van der Waals surface area (Å²) < 4.78 is 62.9. The Morgan fingerprint density at radius 1 is 0.979 bits per heavy atom. The largest absolute Gasteiger partial charge is 0.481 e. The second-order valence-electron chi connectivity index (χ2n) is 12.5. The number of halogens is 4. The van der Waals surface area contributed by atoms with E-state index in [-0.39, 0.29) is 42.3 Å². The zero-order valence-electron chi connectivity index (χ0n) is 26.7. The van der Waals surface area contributed by atoms with Gasteiger partial charge in [-0.15, -0.1) is 0 Å². The number of hydrogen-bond acceptors (Lipinski definition) is 7. The minimum atomic E-state index is -4.72. The topological polar surface area (TPSA) is 114 Å². The highest BCUT2D eigenvalue weighted by atomic mass is 19.4. The van der Waals surface area contributed by atoms with Crippen molar-refractivity contribution in [3.63, 3.8) is 0 Å². The first-order valence-electron chi connectivity index (χ1n) is 16.0. The second-order valence-corrected chi connectivity index (χ2v) is 12.5. The number of aryl methyl sites for hydroxylation is 1. The number of likely N-dealkylation sites (tertiary alicyclic amines) is 1. The molecule has 1 saturated heterocycles. The van der Waals surface area contributed by atoms with Gasteiger partial charge in [0.15, 0.2) is 0 Å². The molecule has 5 rings (SSSR count). The Morgan fingerprint density at radius 3 is 2.15 bits per heavy atom. The van der Waals surface area contributed by atoms with E-state index in [1.807, 2.05) is 24.9 Å². The number of carbonyl (C=O) groups excluding carboxylic acids is 1. The summed E-state index contributed by atoms with van der Waals surface area (Å²) in [4.78, 5) is 37.7. The zero-order valence-corrected chi connectivity index (χ0v) is 26.7. The van der Waals surface area contributed by atoms with Crippen LogP contribution in [0.4, 0.5) is 28.3 Å². The molecule has 0 radical (unpaired) electrons. The lowest BCUT2D eigenvalue weighted by molar-refractivity contribution is -0.143. The predicted molar refractivity (Wildman–Crippen MR) is 165 cm³/mol. The minimum Gasteiger partial charge on any atom is -0.481 e. The number of carbonyl (C=O) groups is 2. The summed E-state index contributed by atoms with van der Waals surface area (Å²) in [5.74, 6) is -1.97. The number of hydrogen-bond donors (Lipinski definition) is 1. The first-order chi connectivity index (χ1) is 22.4. The van der Waals surface area contributed by atoms with Crippen molar-refractivity contribution in [1.82, 2.24) is 24.6 Å². The first kappa shape index (κ1) is 34.1. The maximum atomic E-state index is 14.5. The Labute approximate surface area is 270 Å². The fraction of sp³-hybridized carbons (Fsp3) is 0.545. The van der Waals surface area contributed by atoms with Gasteiger partial charge in [-0.1, -0.05) is 13.8 Å². The Bertz CT molecular complexity index is 1530. The molecule has 1 aromatic carbocycles. The number of piperidine rings is 1. The van der Waals surface area contributed by atoms with Gasteiger partial charge in [0.25, 0.3) is 0 Å². The molecule has 0 spiro atoms. The van der Waals surface area contributed by atoms with Crippen molar-refractivity contribution in [3.8, 4) is 11.1 Å². The summed E-state index contributed by atoms with van der Waals surface area (Å²) in [5.41, 5.74) is 0.552. The van der Waals surface area contributed by atoms with Gasteiger partial charge in [-0.25, -0.2) is 19.2 Å². The van der Waals surface area contributed by atoms with Crippen LogP contribution in [-0.4, -0.2) is 66.0 Å². The Balaban J connectivity index is 1.41. The van der Waals surface area contributed by atoms with Crippen LogP contribution in [0.1, 0.15) is 76.3 Å². The normalized spacial score (nSPS) is 23.4. The van der Waals surface area contributed by atoms with Crippen molar-refractivity contribution >= 4 is 18.0 Å². The lowest BCUT2D eigenvalue weighted by atomic mass is 9.87. The number of aliphatic carboxylic acids is 1. The molecule has 254 valence electrons. The van der Waals surface area contributed by atoms with Crippen LogP contribution < -0.4 is 4.90 Å². The molecule has 14 heteroatoms. The molecule has 2 aromatic heterocycles. The van der Waals surface area contributed by atoms with Gasteiger partial charge in [0.1, 0.15) is 11.9 Å². The number of amides is 1. The van der Waals surface area contributed by atoms with Gasteiger partial charge in [0.2, 0.25) is 5.95 Å². The lowest BCUT2D eigenvalue weighted by Gasteiger charge is -2.47. The van der Waals surface area contributed by atoms with Gasteiger partial charge in [-0.05, 0) is 75.1 Å². The molecular formula is C33H40F4N6O4. The highest BCUT2D eigenvalue weighted by molar-refractivity contribution is 5.70. The Morgan fingerprint density at radius 2 is 1.62 bits per heavy atom. The number of alkyl halides is 3. The van der Waals surface area contributed by atoms with Gasteiger partial charge in [0.05, 0.1) is 17.7 Å². The van der Waals surface area contributed by atoms with Crippen molar-refractivity contribution in [1.29, 1.82) is 0 Å². The molecule has 3 aromatic rings. The van der Waals surface area contributed by atoms with Crippen molar-refractivity contribution < 1.29 is 37.0 Å². The van der Waals surface area contributed by atoms with Crippen LogP contribution in [-0.2, 0) is 29.3 Å². The first-order valence-corrected chi connectivity index (χ1v) is 16.0. The van der Waals surface area contributed by atoms with E-state index >= 15 is 0 Å². The summed E-state index contributed by atoms with van der Waals surface area (Å²) in [6, 6.07) is 1.72. The average molecular weight is 661 g/mol. The zero-order chi connectivity index (χ0) is 33.9. The fourth-order valence-corrected chi connectivity index (χ4v) is 6.81. The molecular weight excluding hydrogens is 620 g/mol. The maximum Gasteiger partial charge on any atom is 0.416 e. The van der Waals surface area contributed by atoms with E-state index in [9.17, 15) is 32.3 Å². The summed E-state index contributed by atoms with van der Waals surface area (Å²) in [6.07, 6.45) is 5.21. The number of carboxylic acids is 1. The van der Waals surface area contributed by atoms with E-state index in [1.54, 1.807) is 35.2 Å². The Hall–Kier alpha value is -4.23. The highest BCUT2D eigenvalue weighted by Crippen LogP contribution is 2.36. The van der Waals surface area contributed by atoms with Crippen LogP contribution in [0.5, 0.6) is 0 Å². The van der Waals surface area contributed by atoms with Gasteiger partial charge in [-0.3, -0.25) is 9.48 Å². The van der Waals surface area contributed by atoms with E-state index in [2.05, 4.69) is 15.1 Å². The van der Waals surface area contributed by atoms with Gasteiger partial charge < -0.3 is 19.6 Å². The molecule has 1 aliphatic carbocycles. The van der Waals surface area contributed by atoms with E-state index in [0.29, 0.717) is 63.0 Å². The van der Waals surface area contributed by atoms with Crippen molar-refractivity contribution in [3.05, 3.63) is 59.9 Å². The molecule has 3 atom stereocenters.